The summed E-state index contributed by atoms with van der Waals surface area (Å²) in [5, 5.41) is 8.84. The Morgan fingerprint density at radius 1 is 1.38 bits per heavy atom. The van der Waals surface area contributed by atoms with Gasteiger partial charge in [-0.3, -0.25) is 4.57 Å². The smallest absolute Gasteiger partial charge is 0.197 e. The summed E-state index contributed by atoms with van der Waals surface area (Å²) < 4.78 is 16.8. The third-order valence-electron chi connectivity index (χ3n) is 2.26. The van der Waals surface area contributed by atoms with E-state index in [9.17, 15) is 4.57 Å². The zero-order valence-corrected chi connectivity index (χ0v) is 9.09. The highest BCUT2D eigenvalue weighted by atomic mass is 31.2. The Kier molecular flexibility index (Phi) is 3.53. The van der Waals surface area contributed by atoms with Crippen molar-refractivity contribution < 1.29 is 9.09 Å². The topological polar surface area (TPSA) is 50.1 Å². The van der Waals surface area contributed by atoms with Gasteiger partial charge in [0.2, 0.25) is 0 Å². The van der Waals surface area contributed by atoms with Crippen LogP contribution >= 0.6 is 7.37 Å². The lowest BCUT2D eigenvalue weighted by atomic mass is 9.88. The number of hydrogen-bond donors (Lipinski definition) is 0. The van der Waals surface area contributed by atoms with Crippen molar-refractivity contribution in [3.05, 3.63) is 0 Å². The third kappa shape index (κ3) is 3.50. The Morgan fingerprint density at radius 3 is 2.54 bits per heavy atom. The molecule has 4 heteroatoms. The minimum atomic E-state index is -2.44. The summed E-state index contributed by atoms with van der Waals surface area (Å²) in [5.74, 6) is -0.0537. The van der Waals surface area contributed by atoms with Gasteiger partial charge in [-0.05, 0) is 12.8 Å². The lowest BCUT2D eigenvalue weighted by Gasteiger charge is -2.28. The van der Waals surface area contributed by atoms with Crippen LogP contribution in [0.15, 0.2) is 0 Å². The maximum Gasteiger partial charge on any atom is 0.197 e. The van der Waals surface area contributed by atoms with E-state index in [0.717, 1.165) is 25.7 Å². The quantitative estimate of drug-likeness (QED) is 0.645. The fourth-order valence-corrected chi connectivity index (χ4v) is 2.60. The first-order valence-corrected chi connectivity index (χ1v) is 7.18. The van der Waals surface area contributed by atoms with E-state index in [2.05, 4.69) is 6.07 Å². The normalized spacial score (nSPS) is 29.6. The zero-order valence-electron chi connectivity index (χ0n) is 8.19. The van der Waals surface area contributed by atoms with Crippen LogP contribution in [-0.2, 0) is 9.09 Å². The van der Waals surface area contributed by atoms with E-state index in [4.69, 9.17) is 9.79 Å². The fourth-order valence-electron chi connectivity index (χ4n) is 1.70. The second-order valence-electron chi connectivity index (χ2n) is 3.92. The highest BCUT2D eigenvalue weighted by Gasteiger charge is 2.28. The molecule has 0 amide bonds. The first kappa shape index (κ1) is 10.8. The fraction of sp³-hybridized carbons (Fsp3) is 0.889. The molecule has 1 saturated carbocycles. The zero-order chi connectivity index (χ0) is 9.90. The molecule has 1 aliphatic carbocycles. The number of nitrogens with zero attached hydrogens (tertiary/aromatic N) is 1. The van der Waals surface area contributed by atoms with E-state index in [-0.39, 0.29) is 12.0 Å². The predicted octanol–water partition coefficient (Wildman–Crippen LogP) is 2.62. The molecule has 0 N–H and O–H groups in total. The van der Waals surface area contributed by atoms with Gasteiger partial charge in [0, 0.05) is 13.3 Å². The van der Waals surface area contributed by atoms with E-state index in [0.29, 0.717) is 0 Å². The summed E-state index contributed by atoms with van der Waals surface area (Å²) in [5.41, 5.74) is 0. The van der Waals surface area contributed by atoms with Crippen molar-refractivity contribution in [2.45, 2.75) is 31.8 Å². The summed E-state index contributed by atoms with van der Waals surface area (Å²) >= 11 is 0. The third-order valence-corrected chi connectivity index (χ3v) is 3.04. The molecule has 13 heavy (non-hydrogen) atoms. The summed E-state index contributed by atoms with van der Waals surface area (Å²) in [7, 11) is -2.44. The van der Waals surface area contributed by atoms with Crippen LogP contribution in [-0.4, -0.2) is 19.4 Å². The molecule has 0 aromatic heterocycles. The van der Waals surface area contributed by atoms with Crippen LogP contribution in [0.5, 0.6) is 0 Å². The van der Waals surface area contributed by atoms with Gasteiger partial charge in [-0.15, -0.1) is 0 Å². The summed E-state index contributed by atoms with van der Waals surface area (Å²) in [4.78, 5) is 0. The van der Waals surface area contributed by atoms with Crippen molar-refractivity contribution in [2.75, 3.05) is 13.3 Å². The number of hydrogen-bond acceptors (Lipinski definition) is 3. The van der Waals surface area contributed by atoms with Crippen LogP contribution < -0.4 is 0 Å². The second kappa shape index (κ2) is 4.26. The van der Waals surface area contributed by atoms with Crippen LogP contribution in [0.3, 0.4) is 0 Å². The minimum Gasteiger partial charge on any atom is -0.324 e. The SMILES string of the molecule is CP(C)(=O)OC1CCCCC1C#N. The Labute approximate surface area is 79.5 Å². The van der Waals surface area contributed by atoms with Gasteiger partial charge in [0.15, 0.2) is 7.37 Å². The minimum absolute atomic E-state index is 0.0537. The number of nitriles is 1. The van der Waals surface area contributed by atoms with Gasteiger partial charge in [0.1, 0.15) is 0 Å². The van der Waals surface area contributed by atoms with E-state index < -0.39 is 7.37 Å². The largest absolute Gasteiger partial charge is 0.324 e. The van der Waals surface area contributed by atoms with Gasteiger partial charge in [-0.1, -0.05) is 12.8 Å². The Bertz CT molecular complexity index is 253. The van der Waals surface area contributed by atoms with Crippen LogP contribution in [0, 0.1) is 17.2 Å². The highest BCUT2D eigenvalue weighted by molar-refractivity contribution is 7.57. The van der Waals surface area contributed by atoms with Gasteiger partial charge < -0.3 is 4.52 Å². The molecular formula is C9H16NO2P. The van der Waals surface area contributed by atoms with Gasteiger partial charge >= 0.3 is 0 Å². The molecule has 0 spiro atoms. The van der Waals surface area contributed by atoms with Crippen LogP contribution in [0.4, 0.5) is 0 Å². The predicted molar refractivity (Wildman–Crippen MR) is 51.9 cm³/mol. The second-order valence-corrected chi connectivity index (χ2v) is 6.63. The molecule has 0 bridgehead atoms. The van der Waals surface area contributed by atoms with E-state index in [1.807, 2.05) is 0 Å². The lowest BCUT2D eigenvalue weighted by molar-refractivity contribution is 0.125. The van der Waals surface area contributed by atoms with Crippen molar-refractivity contribution in [2.24, 2.45) is 5.92 Å². The molecule has 1 aliphatic rings. The van der Waals surface area contributed by atoms with E-state index >= 15 is 0 Å². The van der Waals surface area contributed by atoms with Crippen molar-refractivity contribution in [3.8, 4) is 6.07 Å². The molecule has 1 rings (SSSR count). The number of rotatable bonds is 2. The van der Waals surface area contributed by atoms with Crippen molar-refractivity contribution >= 4 is 7.37 Å². The molecule has 2 atom stereocenters. The molecule has 0 heterocycles. The van der Waals surface area contributed by atoms with Crippen LogP contribution in [0.25, 0.3) is 0 Å². The maximum atomic E-state index is 11.4. The van der Waals surface area contributed by atoms with Gasteiger partial charge in [0.05, 0.1) is 18.1 Å². The molecular weight excluding hydrogens is 185 g/mol. The van der Waals surface area contributed by atoms with Crippen molar-refractivity contribution in [3.63, 3.8) is 0 Å². The van der Waals surface area contributed by atoms with Gasteiger partial charge in [0.25, 0.3) is 0 Å². The molecule has 1 fully saturated rings. The average Bonchev–Trinajstić information content (AvgIpc) is 2.02. The first-order chi connectivity index (χ1) is 6.03. The van der Waals surface area contributed by atoms with Crippen LogP contribution in [0.2, 0.25) is 0 Å². The monoisotopic (exact) mass is 201 g/mol. The Balaban J connectivity index is 2.56. The molecule has 0 saturated heterocycles. The van der Waals surface area contributed by atoms with Crippen molar-refractivity contribution in [1.82, 2.24) is 0 Å². The van der Waals surface area contributed by atoms with Gasteiger partial charge in [-0.25, -0.2) is 0 Å². The summed E-state index contributed by atoms with van der Waals surface area (Å²) in [6.07, 6.45) is 3.85. The standard InChI is InChI=1S/C9H16NO2P/c1-13(2,11)12-9-6-4-3-5-8(9)7-10/h8-9H,3-6H2,1-2H3. The molecule has 3 nitrogen and oxygen atoms in total. The summed E-state index contributed by atoms with van der Waals surface area (Å²) in [6.45, 7) is 3.21. The molecule has 0 radical (unpaired) electrons. The average molecular weight is 201 g/mol. The lowest BCUT2D eigenvalue weighted by Crippen LogP contribution is -2.25. The molecule has 0 aliphatic heterocycles. The van der Waals surface area contributed by atoms with Crippen molar-refractivity contribution in [1.29, 1.82) is 5.26 Å². The molecule has 74 valence electrons. The Hall–Kier alpha value is -0.320. The molecule has 0 aromatic carbocycles. The molecule has 0 aromatic rings. The van der Waals surface area contributed by atoms with E-state index in [1.165, 1.54) is 0 Å². The Morgan fingerprint density at radius 2 is 2.00 bits per heavy atom. The maximum absolute atomic E-state index is 11.4. The van der Waals surface area contributed by atoms with Gasteiger partial charge in [-0.2, -0.15) is 5.26 Å². The molecule has 2 unspecified atom stereocenters. The van der Waals surface area contributed by atoms with E-state index in [1.54, 1.807) is 13.3 Å². The van der Waals surface area contributed by atoms with Crippen LogP contribution in [0.1, 0.15) is 25.7 Å². The highest BCUT2D eigenvalue weighted by Crippen LogP contribution is 2.43. The summed E-state index contributed by atoms with van der Waals surface area (Å²) in [6, 6.07) is 2.23. The first-order valence-electron chi connectivity index (χ1n) is 4.66.